The number of anilines is 5. The van der Waals surface area contributed by atoms with Crippen LogP contribution in [0.3, 0.4) is 0 Å². The first-order valence-electron chi connectivity index (χ1n) is 19.6. The van der Waals surface area contributed by atoms with Gasteiger partial charge in [-0.15, -0.1) is 0 Å². The van der Waals surface area contributed by atoms with Gasteiger partial charge in [0.05, 0.1) is 5.41 Å². The summed E-state index contributed by atoms with van der Waals surface area (Å²) in [6, 6.07) is 50.4. The summed E-state index contributed by atoms with van der Waals surface area (Å²) < 4.78 is 0. The summed E-state index contributed by atoms with van der Waals surface area (Å²) in [5.74, 6) is 0. The lowest BCUT2D eigenvalue weighted by molar-refractivity contribution is 0.607. The smallest absolute Gasteiger partial charge is 0.0754 e. The summed E-state index contributed by atoms with van der Waals surface area (Å²) in [4.78, 5) is 2.46. The fraction of sp³-hybridized carbons (Fsp3) is 0.154. The van der Waals surface area contributed by atoms with Gasteiger partial charge in [-0.25, -0.2) is 0 Å². The number of hydrogen-bond donors (Lipinski definition) is 1. The van der Waals surface area contributed by atoms with Gasteiger partial charge in [-0.3, -0.25) is 0 Å². The number of rotatable bonds is 4. The average Bonchev–Trinajstić information content (AvgIpc) is 3.64. The molecule has 0 aromatic heterocycles. The molecule has 0 saturated heterocycles. The molecule has 260 valence electrons. The van der Waals surface area contributed by atoms with Crippen molar-refractivity contribution >= 4 is 39.6 Å². The number of fused-ring (bicyclic) bond motifs is 11. The Morgan fingerprint density at radius 1 is 0.519 bits per heavy atom. The topological polar surface area (TPSA) is 15.3 Å². The predicted molar refractivity (Wildman–Crippen MR) is 226 cm³/mol. The molecular formula is C52H42N2. The minimum Gasteiger partial charge on any atom is -0.355 e. The molecule has 0 saturated carbocycles. The van der Waals surface area contributed by atoms with E-state index in [4.69, 9.17) is 0 Å². The highest BCUT2D eigenvalue weighted by Gasteiger charge is 2.50. The summed E-state index contributed by atoms with van der Waals surface area (Å²) in [7, 11) is 0. The molecule has 4 aliphatic carbocycles. The van der Waals surface area contributed by atoms with Gasteiger partial charge in [0, 0.05) is 33.9 Å². The fourth-order valence-electron chi connectivity index (χ4n) is 10.3. The summed E-state index contributed by atoms with van der Waals surface area (Å²) in [5.41, 5.74) is 21.6. The molecule has 2 nitrogen and oxygen atoms in total. The predicted octanol–water partition coefficient (Wildman–Crippen LogP) is 13.7. The molecule has 1 unspecified atom stereocenters. The Balaban J connectivity index is 1.13. The van der Waals surface area contributed by atoms with Gasteiger partial charge in [-0.2, -0.15) is 0 Å². The largest absolute Gasteiger partial charge is 0.355 e. The summed E-state index contributed by atoms with van der Waals surface area (Å²) >= 11 is 0. The van der Waals surface area contributed by atoms with Crippen LogP contribution >= 0.6 is 0 Å². The van der Waals surface area contributed by atoms with Gasteiger partial charge in [0.15, 0.2) is 0 Å². The lowest BCUT2D eigenvalue weighted by atomic mass is 9.64. The molecule has 6 aromatic carbocycles. The van der Waals surface area contributed by atoms with E-state index in [2.05, 4.69) is 188 Å². The average molecular weight is 695 g/mol. The fourth-order valence-corrected chi connectivity index (χ4v) is 10.3. The first-order valence-corrected chi connectivity index (χ1v) is 19.6. The van der Waals surface area contributed by atoms with E-state index in [1.807, 2.05) is 0 Å². The summed E-state index contributed by atoms with van der Waals surface area (Å²) in [6.45, 7) is 4.83. The zero-order chi connectivity index (χ0) is 36.0. The van der Waals surface area contributed by atoms with E-state index in [0.29, 0.717) is 0 Å². The van der Waals surface area contributed by atoms with Crippen molar-refractivity contribution in [3.63, 3.8) is 0 Å². The highest BCUT2D eigenvalue weighted by molar-refractivity contribution is 5.96. The van der Waals surface area contributed by atoms with Crippen molar-refractivity contribution in [1.29, 1.82) is 0 Å². The Kier molecular flexibility index (Phi) is 6.80. The van der Waals surface area contributed by atoms with Gasteiger partial charge >= 0.3 is 0 Å². The standard InChI is InChI=1S/C52H42N2/c1-51(2)43-21-11-9-19-39(43)41-28-26-38(33-47(41)51)54(36-17-7-4-8-18-36)37-27-29-45-42(32-37)40-20-10-12-22-44(40)52(45)46-23-13-14-24-49(46)53-50-30-25-35(31-48(50)52)34-15-5-3-6-16-34/h4-5,7-10,12-20,22-33,53H,3,6,11,21H2,1-2H3. The van der Waals surface area contributed by atoms with Gasteiger partial charge in [0.2, 0.25) is 0 Å². The van der Waals surface area contributed by atoms with Crippen LogP contribution in [0.25, 0.3) is 22.3 Å². The third-order valence-electron chi connectivity index (χ3n) is 12.8. The quantitative estimate of drug-likeness (QED) is 0.197. The molecule has 54 heavy (non-hydrogen) atoms. The minimum absolute atomic E-state index is 0.00480. The highest BCUT2D eigenvalue weighted by Crippen LogP contribution is 2.62. The van der Waals surface area contributed by atoms with E-state index in [-0.39, 0.29) is 5.41 Å². The van der Waals surface area contributed by atoms with E-state index in [9.17, 15) is 0 Å². The first kappa shape index (κ1) is 31.4. The van der Waals surface area contributed by atoms with Gasteiger partial charge < -0.3 is 10.2 Å². The monoisotopic (exact) mass is 694 g/mol. The number of nitrogens with one attached hydrogen (secondary N) is 1. The van der Waals surface area contributed by atoms with Crippen LogP contribution in [-0.2, 0) is 10.8 Å². The normalized spacial score (nSPS) is 19.3. The van der Waals surface area contributed by atoms with Crippen LogP contribution in [0.5, 0.6) is 0 Å². The number of allylic oxidation sites excluding steroid dienone is 8. The summed E-state index contributed by atoms with van der Waals surface area (Å²) in [6.07, 6.45) is 16.1. The molecule has 6 aromatic rings. The van der Waals surface area contributed by atoms with Crippen LogP contribution in [0.15, 0.2) is 169 Å². The third-order valence-corrected chi connectivity index (χ3v) is 12.8. The lowest BCUT2D eigenvalue weighted by Crippen LogP contribution is -2.33. The Hall–Kier alpha value is -6.12. The van der Waals surface area contributed by atoms with Crippen molar-refractivity contribution in [2.75, 3.05) is 10.2 Å². The van der Waals surface area contributed by atoms with Crippen LogP contribution in [0.4, 0.5) is 28.4 Å². The van der Waals surface area contributed by atoms with Gasteiger partial charge in [-0.1, -0.05) is 129 Å². The number of nitrogens with zero attached hydrogens (tertiary/aromatic N) is 1. The molecule has 0 radical (unpaired) electrons. The van der Waals surface area contributed by atoms with Crippen molar-refractivity contribution in [2.24, 2.45) is 0 Å². The molecule has 1 N–H and O–H groups in total. The number of benzene rings is 6. The first-order chi connectivity index (χ1) is 26.5. The van der Waals surface area contributed by atoms with E-state index < -0.39 is 5.41 Å². The SMILES string of the molecule is CC1(C)C2=C(C=CCC2)c2ccc(N(c3ccccc3)c3ccc4c(c3)-c3ccccc3C43c4ccccc4Nc4ccc(C5=CCCC=C5)cc43)cc21. The summed E-state index contributed by atoms with van der Waals surface area (Å²) in [5, 5.41) is 3.85. The zero-order valence-corrected chi connectivity index (χ0v) is 30.9. The molecule has 1 spiro atoms. The minimum atomic E-state index is -0.468. The maximum atomic E-state index is 3.85. The van der Waals surface area contributed by atoms with Crippen LogP contribution in [0.2, 0.25) is 0 Å². The van der Waals surface area contributed by atoms with Crippen molar-refractivity contribution in [3.8, 4) is 11.1 Å². The maximum Gasteiger partial charge on any atom is 0.0754 e. The molecule has 2 heteroatoms. The van der Waals surface area contributed by atoms with Crippen LogP contribution < -0.4 is 10.2 Å². The third kappa shape index (κ3) is 4.34. The Labute approximate surface area is 318 Å². The van der Waals surface area contributed by atoms with Crippen molar-refractivity contribution < 1.29 is 0 Å². The van der Waals surface area contributed by atoms with Gasteiger partial charge in [0.1, 0.15) is 0 Å². The zero-order valence-electron chi connectivity index (χ0n) is 30.9. The Morgan fingerprint density at radius 2 is 1.26 bits per heavy atom. The van der Waals surface area contributed by atoms with Gasteiger partial charge in [0.25, 0.3) is 0 Å². The Morgan fingerprint density at radius 3 is 2.13 bits per heavy atom. The van der Waals surface area contributed by atoms with Crippen LogP contribution in [0, 0.1) is 0 Å². The van der Waals surface area contributed by atoms with Crippen molar-refractivity contribution in [1.82, 2.24) is 0 Å². The molecular weight excluding hydrogens is 653 g/mol. The molecule has 5 aliphatic rings. The van der Waals surface area contributed by atoms with E-state index in [1.165, 1.54) is 78.3 Å². The van der Waals surface area contributed by atoms with Crippen molar-refractivity contribution in [2.45, 2.75) is 50.4 Å². The van der Waals surface area contributed by atoms with E-state index in [1.54, 1.807) is 5.57 Å². The Bertz CT molecular complexity index is 2670. The van der Waals surface area contributed by atoms with Crippen LogP contribution in [-0.4, -0.2) is 0 Å². The van der Waals surface area contributed by atoms with Crippen LogP contribution in [0.1, 0.15) is 78.5 Å². The number of hydrogen-bond acceptors (Lipinski definition) is 2. The molecule has 1 aliphatic heterocycles. The van der Waals surface area contributed by atoms with E-state index in [0.717, 1.165) is 37.1 Å². The second-order valence-corrected chi connectivity index (χ2v) is 16.0. The second kappa shape index (κ2) is 11.7. The molecule has 1 atom stereocenters. The van der Waals surface area contributed by atoms with Crippen molar-refractivity contribution in [3.05, 3.63) is 208 Å². The number of para-hydroxylation sites is 2. The second-order valence-electron chi connectivity index (χ2n) is 16.0. The molecule has 1 heterocycles. The maximum absolute atomic E-state index is 3.85. The molecule has 11 rings (SSSR count). The molecule has 0 fully saturated rings. The van der Waals surface area contributed by atoms with E-state index >= 15 is 0 Å². The highest BCUT2D eigenvalue weighted by atomic mass is 15.1. The molecule has 0 bridgehead atoms. The van der Waals surface area contributed by atoms with Gasteiger partial charge in [-0.05, 0) is 141 Å². The lowest BCUT2D eigenvalue weighted by Gasteiger charge is -2.41. The molecule has 0 amide bonds.